The fraction of sp³-hybridized carbons (Fsp3) is 0.250. The molecule has 0 bridgehead atoms. The highest BCUT2D eigenvalue weighted by Crippen LogP contribution is 2.27. The summed E-state index contributed by atoms with van der Waals surface area (Å²) in [4.78, 5) is 0. The van der Waals surface area contributed by atoms with Crippen LogP contribution in [0.3, 0.4) is 0 Å². The minimum atomic E-state index is 0.168. The third kappa shape index (κ3) is 3.67. The smallest absolute Gasteiger partial charge is 0.0439 e. The van der Waals surface area contributed by atoms with Crippen molar-refractivity contribution in [3.8, 4) is 0 Å². The van der Waals surface area contributed by atoms with Crippen molar-refractivity contribution in [1.29, 1.82) is 0 Å². The summed E-state index contributed by atoms with van der Waals surface area (Å²) in [6, 6.07) is 11.8. The molecule has 2 aromatic carbocycles. The van der Waals surface area contributed by atoms with Gasteiger partial charge in [-0.1, -0.05) is 46.9 Å². The second kappa shape index (κ2) is 6.82. The molecular formula is C16H16Cl3N. The van der Waals surface area contributed by atoms with Crippen LogP contribution in [0, 0.1) is 6.92 Å². The van der Waals surface area contributed by atoms with Crippen LogP contribution in [0.1, 0.15) is 22.7 Å². The molecule has 0 spiro atoms. The van der Waals surface area contributed by atoms with E-state index in [9.17, 15) is 0 Å². The van der Waals surface area contributed by atoms with Crippen molar-refractivity contribution in [2.24, 2.45) is 0 Å². The van der Waals surface area contributed by atoms with Gasteiger partial charge in [-0.3, -0.25) is 0 Å². The van der Waals surface area contributed by atoms with E-state index in [2.05, 4.69) is 11.4 Å². The fourth-order valence-electron chi connectivity index (χ4n) is 2.19. The third-order valence-corrected chi connectivity index (χ3v) is 4.39. The van der Waals surface area contributed by atoms with Crippen LogP contribution >= 0.6 is 34.8 Å². The second-order valence-corrected chi connectivity index (χ2v) is 6.04. The van der Waals surface area contributed by atoms with Gasteiger partial charge in [-0.15, -0.1) is 0 Å². The maximum absolute atomic E-state index is 6.23. The number of rotatable bonds is 4. The third-order valence-electron chi connectivity index (χ3n) is 3.36. The van der Waals surface area contributed by atoms with Crippen molar-refractivity contribution in [2.75, 3.05) is 7.05 Å². The van der Waals surface area contributed by atoms with Gasteiger partial charge < -0.3 is 5.32 Å². The molecule has 106 valence electrons. The molecule has 0 aliphatic rings. The predicted molar refractivity (Wildman–Crippen MR) is 88.2 cm³/mol. The SMILES string of the molecule is CNC(Cc1cc(Cl)ccc1Cl)c1ccc(Cl)c(C)c1. The van der Waals surface area contributed by atoms with Crippen LogP contribution in [0.25, 0.3) is 0 Å². The lowest BCUT2D eigenvalue weighted by atomic mass is 9.97. The molecule has 20 heavy (non-hydrogen) atoms. The zero-order valence-electron chi connectivity index (χ0n) is 11.4. The van der Waals surface area contributed by atoms with Gasteiger partial charge in [0.2, 0.25) is 0 Å². The summed E-state index contributed by atoms with van der Waals surface area (Å²) < 4.78 is 0. The van der Waals surface area contributed by atoms with Crippen LogP contribution in [0.4, 0.5) is 0 Å². The summed E-state index contributed by atoms with van der Waals surface area (Å²) in [5, 5.41) is 5.53. The average molecular weight is 329 g/mol. The lowest BCUT2D eigenvalue weighted by molar-refractivity contribution is 0.592. The first-order valence-electron chi connectivity index (χ1n) is 6.38. The molecule has 2 aromatic rings. The molecule has 0 aliphatic heterocycles. The Morgan fingerprint density at radius 2 is 1.70 bits per heavy atom. The van der Waals surface area contributed by atoms with Gasteiger partial charge in [0.05, 0.1) is 0 Å². The molecule has 0 fully saturated rings. The van der Waals surface area contributed by atoms with Crippen LogP contribution in [-0.2, 0) is 6.42 Å². The van der Waals surface area contributed by atoms with Gasteiger partial charge in [0.1, 0.15) is 0 Å². The Hall–Kier alpha value is -0.730. The average Bonchev–Trinajstić information content (AvgIpc) is 2.43. The number of hydrogen-bond donors (Lipinski definition) is 1. The van der Waals surface area contributed by atoms with Gasteiger partial charge in [0.25, 0.3) is 0 Å². The van der Waals surface area contributed by atoms with Crippen LogP contribution in [-0.4, -0.2) is 7.05 Å². The van der Waals surface area contributed by atoms with E-state index in [1.807, 2.05) is 38.2 Å². The van der Waals surface area contributed by atoms with E-state index in [-0.39, 0.29) is 6.04 Å². The molecule has 0 heterocycles. The highest BCUT2D eigenvalue weighted by molar-refractivity contribution is 6.33. The Kier molecular flexibility index (Phi) is 5.34. The molecular weight excluding hydrogens is 313 g/mol. The summed E-state index contributed by atoms with van der Waals surface area (Å²) >= 11 is 18.3. The van der Waals surface area contributed by atoms with Crippen LogP contribution < -0.4 is 5.32 Å². The molecule has 0 aliphatic carbocycles. The first-order valence-corrected chi connectivity index (χ1v) is 7.52. The first kappa shape index (κ1) is 15.7. The van der Waals surface area contributed by atoms with E-state index < -0.39 is 0 Å². The maximum atomic E-state index is 6.23. The lowest BCUT2D eigenvalue weighted by Crippen LogP contribution is -2.19. The quantitative estimate of drug-likeness (QED) is 0.786. The Bertz CT molecular complexity index is 611. The molecule has 0 aromatic heterocycles. The monoisotopic (exact) mass is 327 g/mol. The van der Waals surface area contributed by atoms with Gasteiger partial charge in [0, 0.05) is 21.1 Å². The Balaban J connectivity index is 2.28. The molecule has 0 saturated heterocycles. The molecule has 1 unspecified atom stereocenters. The summed E-state index contributed by atoms with van der Waals surface area (Å²) in [6.07, 6.45) is 0.775. The van der Waals surface area contributed by atoms with Crippen LogP contribution in [0.2, 0.25) is 15.1 Å². The van der Waals surface area contributed by atoms with Crippen molar-refractivity contribution in [3.05, 3.63) is 68.2 Å². The summed E-state index contributed by atoms with van der Waals surface area (Å²) in [5.74, 6) is 0. The molecule has 1 atom stereocenters. The number of benzene rings is 2. The summed E-state index contributed by atoms with van der Waals surface area (Å²) in [5.41, 5.74) is 3.29. The number of halogens is 3. The largest absolute Gasteiger partial charge is 0.313 e. The summed E-state index contributed by atoms with van der Waals surface area (Å²) in [7, 11) is 1.94. The highest BCUT2D eigenvalue weighted by Gasteiger charge is 2.13. The molecule has 0 amide bonds. The number of hydrogen-bond acceptors (Lipinski definition) is 1. The number of nitrogens with one attached hydrogen (secondary N) is 1. The van der Waals surface area contributed by atoms with Crippen LogP contribution in [0.15, 0.2) is 36.4 Å². The van der Waals surface area contributed by atoms with E-state index in [1.54, 1.807) is 6.07 Å². The molecule has 4 heteroatoms. The van der Waals surface area contributed by atoms with Gasteiger partial charge >= 0.3 is 0 Å². The Morgan fingerprint density at radius 1 is 1.00 bits per heavy atom. The molecule has 0 radical (unpaired) electrons. The van der Waals surface area contributed by atoms with Crippen molar-refractivity contribution >= 4 is 34.8 Å². The van der Waals surface area contributed by atoms with Crippen molar-refractivity contribution < 1.29 is 0 Å². The lowest BCUT2D eigenvalue weighted by Gasteiger charge is -2.18. The highest BCUT2D eigenvalue weighted by atomic mass is 35.5. The van der Waals surface area contributed by atoms with E-state index in [0.717, 1.165) is 27.6 Å². The Labute approximate surface area is 134 Å². The topological polar surface area (TPSA) is 12.0 Å². The standard InChI is InChI=1S/C16H16Cl3N/c1-10-7-11(3-5-14(10)18)16(20-2)9-12-8-13(17)4-6-15(12)19/h3-8,16,20H,9H2,1-2H3. The fourth-order valence-corrected chi connectivity index (χ4v) is 2.70. The molecule has 2 rings (SSSR count). The van der Waals surface area contributed by atoms with Crippen molar-refractivity contribution in [1.82, 2.24) is 5.32 Å². The van der Waals surface area contributed by atoms with Gasteiger partial charge in [0.15, 0.2) is 0 Å². The number of aryl methyl sites for hydroxylation is 1. The molecule has 1 nitrogen and oxygen atoms in total. The zero-order chi connectivity index (χ0) is 14.7. The van der Waals surface area contributed by atoms with E-state index in [0.29, 0.717) is 5.02 Å². The van der Waals surface area contributed by atoms with Crippen molar-refractivity contribution in [2.45, 2.75) is 19.4 Å². The van der Waals surface area contributed by atoms with E-state index in [1.165, 1.54) is 5.56 Å². The van der Waals surface area contributed by atoms with Crippen LogP contribution in [0.5, 0.6) is 0 Å². The minimum Gasteiger partial charge on any atom is -0.313 e. The normalized spacial score (nSPS) is 12.4. The van der Waals surface area contributed by atoms with Gasteiger partial charge in [-0.2, -0.15) is 0 Å². The molecule has 0 saturated carbocycles. The number of likely N-dealkylation sites (N-methyl/N-ethyl adjacent to an activating group) is 1. The van der Waals surface area contributed by atoms with Gasteiger partial charge in [-0.25, -0.2) is 0 Å². The van der Waals surface area contributed by atoms with Crippen molar-refractivity contribution in [3.63, 3.8) is 0 Å². The van der Waals surface area contributed by atoms with E-state index >= 15 is 0 Å². The second-order valence-electron chi connectivity index (χ2n) is 4.79. The first-order chi connectivity index (χ1) is 9.51. The summed E-state index contributed by atoms with van der Waals surface area (Å²) in [6.45, 7) is 2.00. The minimum absolute atomic E-state index is 0.168. The van der Waals surface area contributed by atoms with E-state index in [4.69, 9.17) is 34.8 Å². The van der Waals surface area contributed by atoms with Gasteiger partial charge in [-0.05, 0) is 61.3 Å². The molecule has 1 N–H and O–H groups in total. The zero-order valence-corrected chi connectivity index (χ0v) is 13.7. The predicted octanol–water partition coefficient (Wildman–Crippen LogP) is 5.46. The Morgan fingerprint density at radius 3 is 2.35 bits per heavy atom. The maximum Gasteiger partial charge on any atom is 0.0439 e.